The molecule has 1 aromatic rings. The molecule has 0 radical (unpaired) electrons. The van der Waals surface area contributed by atoms with Crippen molar-refractivity contribution in [1.82, 2.24) is 10.2 Å². The first-order chi connectivity index (χ1) is 10.5. The van der Waals surface area contributed by atoms with Gasteiger partial charge in [-0.2, -0.15) is 0 Å². The molecule has 5 nitrogen and oxygen atoms in total. The molecule has 0 saturated carbocycles. The van der Waals surface area contributed by atoms with E-state index in [1.807, 2.05) is 13.8 Å². The summed E-state index contributed by atoms with van der Waals surface area (Å²) in [7, 11) is 3.31. The molecule has 0 atom stereocenters. The van der Waals surface area contributed by atoms with E-state index in [0.29, 0.717) is 6.42 Å². The van der Waals surface area contributed by atoms with E-state index in [1.54, 1.807) is 14.2 Å². The number of rotatable bonds is 6. The molecule has 0 bridgehead atoms. The third-order valence-corrected chi connectivity index (χ3v) is 3.90. The van der Waals surface area contributed by atoms with Gasteiger partial charge in [-0.25, -0.2) is 0 Å². The SMILES string of the molecule is COc1cc2c(cc1OC)CN(CCC(=O)NC(C)C)CC2. The van der Waals surface area contributed by atoms with Gasteiger partial charge in [-0.05, 0) is 43.5 Å². The van der Waals surface area contributed by atoms with Crippen LogP contribution in [-0.4, -0.2) is 44.2 Å². The maximum Gasteiger partial charge on any atom is 0.221 e. The molecule has 22 heavy (non-hydrogen) atoms. The van der Waals surface area contributed by atoms with Gasteiger partial charge in [0.25, 0.3) is 0 Å². The molecule has 0 aliphatic carbocycles. The summed E-state index contributed by atoms with van der Waals surface area (Å²) in [5.41, 5.74) is 2.56. The number of nitrogens with one attached hydrogen (secondary N) is 1. The summed E-state index contributed by atoms with van der Waals surface area (Å²) in [4.78, 5) is 14.1. The molecule has 0 spiro atoms. The second kappa shape index (κ2) is 7.49. The lowest BCUT2D eigenvalue weighted by Crippen LogP contribution is -2.36. The van der Waals surface area contributed by atoms with Gasteiger partial charge in [0.15, 0.2) is 11.5 Å². The average Bonchev–Trinajstić information content (AvgIpc) is 2.50. The zero-order valence-corrected chi connectivity index (χ0v) is 13.9. The van der Waals surface area contributed by atoms with Crippen molar-refractivity contribution in [1.29, 1.82) is 0 Å². The Kier molecular flexibility index (Phi) is 5.66. The van der Waals surface area contributed by atoms with Crippen LogP contribution in [0.5, 0.6) is 11.5 Å². The molecule has 1 N–H and O–H groups in total. The maximum absolute atomic E-state index is 11.8. The second-order valence-electron chi connectivity index (χ2n) is 5.97. The van der Waals surface area contributed by atoms with Gasteiger partial charge in [-0.15, -0.1) is 0 Å². The van der Waals surface area contributed by atoms with Crippen molar-refractivity contribution in [2.45, 2.75) is 39.3 Å². The Morgan fingerprint density at radius 1 is 1.23 bits per heavy atom. The quantitative estimate of drug-likeness (QED) is 0.873. The van der Waals surface area contributed by atoms with Gasteiger partial charge in [0, 0.05) is 32.1 Å². The molecule has 2 rings (SSSR count). The van der Waals surface area contributed by atoms with Gasteiger partial charge in [-0.3, -0.25) is 9.69 Å². The Morgan fingerprint density at radius 2 is 1.86 bits per heavy atom. The number of benzene rings is 1. The minimum atomic E-state index is 0.119. The minimum absolute atomic E-state index is 0.119. The zero-order chi connectivity index (χ0) is 16.1. The Balaban J connectivity index is 1.97. The van der Waals surface area contributed by atoms with Gasteiger partial charge >= 0.3 is 0 Å². The number of fused-ring (bicyclic) bond motifs is 1. The number of carbonyl (C=O) groups is 1. The zero-order valence-electron chi connectivity index (χ0n) is 13.9. The number of nitrogens with zero attached hydrogens (tertiary/aromatic N) is 1. The van der Waals surface area contributed by atoms with E-state index in [0.717, 1.165) is 37.6 Å². The summed E-state index contributed by atoms with van der Waals surface area (Å²) >= 11 is 0. The van der Waals surface area contributed by atoms with Crippen LogP contribution in [0.4, 0.5) is 0 Å². The van der Waals surface area contributed by atoms with Crippen LogP contribution in [0, 0.1) is 0 Å². The molecule has 0 unspecified atom stereocenters. The maximum atomic E-state index is 11.8. The van der Waals surface area contributed by atoms with E-state index in [4.69, 9.17) is 9.47 Å². The minimum Gasteiger partial charge on any atom is -0.493 e. The molecular weight excluding hydrogens is 280 g/mol. The molecular formula is C17H26N2O3. The highest BCUT2D eigenvalue weighted by molar-refractivity contribution is 5.76. The topological polar surface area (TPSA) is 50.8 Å². The van der Waals surface area contributed by atoms with Crippen LogP contribution < -0.4 is 14.8 Å². The highest BCUT2D eigenvalue weighted by atomic mass is 16.5. The number of hydrogen-bond acceptors (Lipinski definition) is 4. The van der Waals surface area contributed by atoms with E-state index in [-0.39, 0.29) is 11.9 Å². The highest BCUT2D eigenvalue weighted by Gasteiger charge is 2.19. The van der Waals surface area contributed by atoms with Crippen LogP contribution in [-0.2, 0) is 17.8 Å². The van der Waals surface area contributed by atoms with Crippen LogP contribution in [0.15, 0.2) is 12.1 Å². The summed E-state index contributed by atoms with van der Waals surface area (Å²) < 4.78 is 10.7. The molecule has 1 aliphatic heterocycles. The Morgan fingerprint density at radius 3 is 2.45 bits per heavy atom. The van der Waals surface area contributed by atoms with Gasteiger partial charge in [-0.1, -0.05) is 0 Å². The van der Waals surface area contributed by atoms with Crippen molar-refractivity contribution in [3.8, 4) is 11.5 Å². The molecule has 1 aromatic carbocycles. The molecule has 0 aromatic heterocycles. The van der Waals surface area contributed by atoms with Crippen molar-refractivity contribution in [3.05, 3.63) is 23.3 Å². The van der Waals surface area contributed by atoms with Crippen LogP contribution in [0.1, 0.15) is 31.4 Å². The van der Waals surface area contributed by atoms with E-state index >= 15 is 0 Å². The first-order valence-electron chi connectivity index (χ1n) is 7.79. The van der Waals surface area contributed by atoms with Crippen LogP contribution in [0.3, 0.4) is 0 Å². The normalized spacial score (nSPS) is 14.6. The van der Waals surface area contributed by atoms with Crippen molar-refractivity contribution in [3.63, 3.8) is 0 Å². The third-order valence-electron chi connectivity index (χ3n) is 3.90. The first kappa shape index (κ1) is 16.6. The lowest BCUT2D eigenvalue weighted by Gasteiger charge is -2.29. The monoisotopic (exact) mass is 306 g/mol. The van der Waals surface area contributed by atoms with E-state index in [1.165, 1.54) is 11.1 Å². The van der Waals surface area contributed by atoms with E-state index in [2.05, 4.69) is 22.3 Å². The van der Waals surface area contributed by atoms with E-state index < -0.39 is 0 Å². The second-order valence-corrected chi connectivity index (χ2v) is 5.97. The predicted octanol–water partition coefficient (Wildman–Crippen LogP) is 1.98. The fraction of sp³-hybridized carbons (Fsp3) is 0.588. The molecule has 1 heterocycles. The molecule has 0 saturated heterocycles. The number of carbonyl (C=O) groups excluding carboxylic acids is 1. The molecule has 1 aliphatic rings. The van der Waals surface area contributed by atoms with Gasteiger partial charge in [0.1, 0.15) is 0 Å². The largest absolute Gasteiger partial charge is 0.493 e. The number of methoxy groups -OCH3 is 2. The third kappa shape index (κ3) is 4.13. The van der Waals surface area contributed by atoms with Crippen molar-refractivity contribution >= 4 is 5.91 Å². The van der Waals surface area contributed by atoms with Crippen LogP contribution in [0.2, 0.25) is 0 Å². The molecule has 5 heteroatoms. The Bertz CT molecular complexity index is 529. The summed E-state index contributed by atoms with van der Waals surface area (Å²) in [6, 6.07) is 4.32. The smallest absolute Gasteiger partial charge is 0.221 e. The van der Waals surface area contributed by atoms with Crippen LogP contribution in [0.25, 0.3) is 0 Å². The Labute approximate surface area is 132 Å². The fourth-order valence-corrected chi connectivity index (χ4v) is 2.79. The first-order valence-corrected chi connectivity index (χ1v) is 7.79. The van der Waals surface area contributed by atoms with Crippen molar-refractivity contribution < 1.29 is 14.3 Å². The summed E-state index contributed by atoms with van der Waals surface area (Å²) in [6.45, 7) is 6.57. The lowest BCUT2D eigenvalue weighted by atomic mass is 9.98. The van der Waals surface area contributed by atoms with Crippen molar-refractivity contribution in [2.75, 3.05) is 27.3 Å². The highest BCUT2D eigenvalue weighted by Crippen LogP contribution is 2.33. The fourth-order valence-electron chi connectivity index (χ4n) is 2.79. The average molecular weight is 306 g/mol. The standard InChI is InChI=1S/C17H26N2O3/c1-12(2)18-17(20)6-8-19-7-5-13-9-15(21-3)16(22-4)10-14(13)11-19/h9-10,12H,5-8,11H2,1-4H3,(H,18,20). The van der Waals surface area contributed by atoms with Crippen LogP contribution >= 0.6 is 0 Å². The Hall–Kier alpha value is -1.75. The molecule has 1 amide bonds. The van der Waals surface area contributed by atoms with Gasteiger partial charge < -0.3 is 14.8 Å². The van der Waals surface area contributed by atoms with Gasteiger partial charge in [0.05, 0.1) is 14.2 Å². The molecule has 0 fully saturated rings. The predicted molar refractivity (Wildman–Crippen MR) is 86.4 cm³/mol. The van der Waals surface area contributed by atoms with E-state index in [9.17, 15) is 4.79 Å². The lowest BCUT2D eigenvalue weighted by molar-refractivity contribution is -0.121. The number of hydrogen-bond donors (Lipinski definition) is 1. The number of amides is 1. The summed E-state index contributed by atoms with van der Waals surface area (Å²) in [5, 5.41) is 2.93. The summed E-state index contributed by atoms with van der Waals surface area (Å²) in [5.74, 6) is 1.67. The summed E-state index contributed by atoms with van der Waals surface area (Å²) in [6.07, 6.45) is 1.52. The van der Waals surface area contributed by atoms with Gasteiger partial charge in [0.2, 0.25) is 5.91 Å². The van der Waals surface area contributed by atoms with Crippen molar-refractivity contribution in [2.24, 2.45) is 0 Å². The number of ether oxygens (including phenoxy) is 2. The molecule has 122 valence electrons.